The van der Waals surface area contributed by atoms with Crippen LogP contribution in [0, 0.1) is 23.2 Å². The van der Waals surface area contributed by atoms with E-state index in [-0.39, 0.29) is 0 Å². The maximum Gasteiger partial charge on any atom is 0.128 e. The molecule has 7 heteroatoms. The second-order valence-corrected chi connectivity index (χ2v) is 21.8. The lowest BCUT2D eigenvalue weighted by molar-refractivity contribution is 0.0883. The number of hydrogen-bond donors (Lipinski definition) is 0. The molecule has 10 rings (SSSR count). The van der Waals surface area contributed by atoms with Crippen LogP contribution in [-0.4, -0.2) is 71.2 Å². The Bertz CT molecular complexity index is 2450. The van der Waals surface area contributed by atoms with Gasteiger partial charge in [-0.25, -0.2) is 4.98 Å². The molecule has 7 nitrogen and oxygen atoms in total. The van der Waals surface area contributed by atoms with E-state index >= 15 is 0 Å². The van der Waals surface area contributed by atoms with E-state index in [2.05, 4.69) is 156 Å². The highest BCUT2D eigenvalue weighted by Crippen LogP contribution is 2.39. The number of aromatic nitrogens is 2. The first-order chi connectivity index (χ1) is 32.6. The number of anilines is 1. The first-order valence-electron chi connectivity index (χ1n) is 26.0. The molecule has 67 heavy (non-hydrogen) atoms. The van der Waals surface area contributed by atoms with Crippen molar-refractivity contribution in [2.75, 3.05) is 44.2 Å². The zero-order chi connectivity index (χ0) is 46.2. The molecule has 2 aliphatic carbocycles. The lowest BCUT2D eigenvalue weighted by Crippen LogP contribution is -2.46. The van der Waals surface area contributed by atoms with Crippen LogP contribution < -0.4 is 14.4 Å². The molecule has 0 atom stereocenters. The lowest BCUT2D eigenvalue weighted by atomic mass is 9.72. The fourth-order valence-electron chi connectivity index (χ4n) is 11.4. The molecule has 4 fully saturated rings. The third-order valence-electron chi connectivity index (χ3n) is 15.8. The second kappa shape index (κ2) is 22.0. The van der Waals surface area contributed by atoms with E-state index in [1.807, 2.05) is 24.5 Å². The van der Waals surface area contributed by atoms with Gasteiger partial charge < -0.3 is 14.4 Å². The van der Waals surface area contributed by atoms with Crippen LogP contribution in [0.2, 0.25) is 0 Å². The molecule has 4 aliphatic rings. The minimum absolute atomic E-state index is 0.365. The highest BCUT2D eigenvalue weighted by Gasteiger charge is 2.31. The number of piperazine rings is 1. The summed E-state index contributed by atoms with van der Waals surface area (Å²) < 4.78 is 12.8. The Morgan fingerprint density at radius 1 is 0.522 bits per heavy atom. The van der Waals surface area contributed by atoms with E-state index in [4.69, 9.17) is 9.47 Å². The van der Waals surface area contributed by atoms with Gasteiger partial charge in [-0.2, -0.15) is 0 Å². The van der Waals surface area contributed by atoms with Crippen LogP contribution >= 0.6 is 0 Å². The molecule has 4 heterocycles. The van der Waals surface area contributed by atoms with Gasteiger partial charge in [0, 0.05) is 63.3 Å². The van der Waals surface area contributed by atoms with Gasteiger partial charge in [0.2, 0.25) is 0 Å². The minimum atomic E-state index is 0.365. The number of rotatable bonds is 11. The molecular weight excluding hydrogens is 823 g/mol. The van der Waals surface area contributed by atoms with Crippen molar-refractivity contribution in [3.05, 3.63) is 138 Å². The third kappa shape index (κ3) is 12.8. The van der Waals surface area contributed by atoms with Gasteiger partial charge in [0.25, 0.3) is 0 Å². The lowest BCUT2D eigenvalue weighted by Gasteiger charge is -2.37. The van der Waals surface area contributed by atoms with Gasteiger partial charge in [-0.3, -0.25) is 14.8 Å². The van der Waals surface area contributed by atoms with Gasteiger partial charge in [-0.15, -0.1) is 0 Å². The average Bonchev–Trinajstić information content (AvgIpc) is 3.35. The highest BCUT2D eigenvalue weighted by molar-refractivity contribution is 5.85. The molecule has 0 bridgehead atoms. The van der Waals surface area contributed by atoms with Gasteiger partial charge in [0.1, 0.15) is 17.3 Å². The minimum Gasteiger partial charge on any atom is -0.490 e. The number of ether oxygens (including phenoxy) is 2. The van der Waals surface area contributed by atoms with Gasteiger partial charge in [-0.05, 0) is 194 Å². The Morgan fingerprint density at radius 3 is 1.54 bits per heavy atom. The first-order valence-corrected chi connectivity index (χ1v) is 26.0. The summed E-state index contributed by atoms with van der Waals surface area (Å²) in [5.74, 6) is 6.24. The van der Waals surface area contributed by atoms with Crippen molar-refractivity contribution >= 4 is 27.4 Å². The fraction of sp³-hybridized carbons (Fsp3) is 0.500. The largest absolute Gasteiger partial charge is 0.490 e. The van der Waals surface area contributed by atoms with Crippen LogP contribution in [0.15, 0.2) is 122 Å². The molecule has 0 radical (unpaired) electrons. The predicted molar refractivity (Wildman–Crippen MR) is 278 cm³/mol. The number of piperidine rings is 1. The summed E-state index contributed by atoms with van der Waals surface area (Å²) in [6.45, 7) is 20.4. The van der Waals surface area contributed by atoms with Crippen LogP contribution in [0.4, 0.5) is 5.82 Å². The van der Waals surface area contributed by atoms with E-state index in [0.29, 0.717) is 23.5 Å². The Morgan fingerprint density at radius 2 is 1.03 bits per heavy atom. The van der Waals surface area contributed by atoms with Crippen molar-refractivity contribution in [2.45, 2.75) is 130 Å². The normalized spacial score (nSPS) is 22.4. The molecule has 2 aromatic heterocycles. The van der Waals surface area contributed by atoms with Gasteiger partial charge in [0.15, 0.2) is 0 Å². The first kappa shape index (κ1) is 47.1. The molecule has 0 amide bonds. The summed E-state index contributed by atoms with van der Waals surface area (Å²) in [5, 5.41) is 5.16. The van der Waals surface area contributed by atoms with E-state index < -0.39 is 0 Å². The summed E-state index contributed by atoms with van der Waals surface area (Å²) in [6, 6.07) is 39.5. The zero-order valence-corrected chi connectivity index (χ0v) is 41.3. The van der Waals surface area contributed by atoms with Gasteiger partial charge in [-0.1, -0.05) is 83.1 Å². The van der Waals surface area contributed by atoms with Crippen LogP contribution in [0.3, 0.4) is 0 Å². The van der Waals surface area contributed by atoms with E-state index in [0.717, 1.165) is 87.4 Å². The predicted octanol–water partition coefficient (Wildman–Crippen LogP) is 13.7. The second-order valence-electron chi connectivity index (χ2n) is 21.8. The van der Waals surface area contributed by atoms with Gasteiger partial charge >= 0.3 is 0 Å². The van der Waals surface area contributed by atoms with Crippen molar-refractivity contribution in [1.82, 2.24) is 19.8 Å². The highest BCUT2D eigenvalue weighted by atomic mass is 16.5. The number of fused-ring (bicyclic) bond motifs is 2. The maximum atomic E-state index is 6.41. The summed E-state index contributed by atoms with van der Waals surface area (Å²) >= 11 is 0. The molecule has 4 aromatic carbocycles. The Kier molecular flexibility index (Phi) is 15.4. The number of pyridine rings is 2. The standard InChI is InChI=1S/C31H40N2O.C29H37N3O/c1-31(2,3)27-10-13-28(14-11-27)34-29-12-9-25-20-23(7-8-26(25)21-29)22-33-18-15-24(16-19-33)30-6-4-5-17-32-30;1-22(2)24-8-11-27(12-9-24)33-28-13-10-25-19-23(6-7-26(25)20-28)21-31-15-17-32(18-16-31)29-5-3-4-14-30-29/h4-9,12,17,20-21,24,27-28H,10-11,13-16,18-19,22H2,1-3H3;3-7,10,13-14,19-20,22,24,27H,8-9,11-12,15-18,21H2,1-2H3/t27-,28-;24-,27+. The molecule has 2 saturated carbocycles. The van der Waals surface area contributed by atoms with Crippen molar-refractivity contribution in [1.29, 1.82) is 0 Å². The van der Waals surface area contributed by atoms with Crippen molar-refractivity contribution in [2.24, 2.45) is 23.2 Å². The van der Waals surface area contributed by atoms with E-state index in [1.54, 1.807) is 0 Å². The Labute approximate surface area is 402 Å². The molecule has 0 N–H and O–H groups in total. The third-order valence-corrected chi connectivity index (χ3v) is 15.8. The fourth-order valence-corrected chi connectivity index (χ4v) is 11.4. The molecule has 2 saturated heterocycles. The Balaban J connectivity index is 0.000000168. The summed E-state index contributed by atoms with van der Waals surface area (Å²) in [6.07, 6.45) is 16.8. The van der Waals surface area contributed by atoms with Crippen LogP contribution in [0.1, 0.15) is 122 Å². The van der Waals surface area contributed by atoms with E-state index in [9.17, 15) is 0 Å². The van der Waals surface area contributed by atoms with Crippen LogP contribution in [-0.2, 0) is 13.1 Å². The topological polar surface area (TPSA) is 54.0 Å². The van der Waals surface area contributed by atoms with Crippen molar-refractivity contribution in [3.63, 3.8) is 0 Å². The zero-order valence-electron chi connectivity index (χ0n) is 41.3. The molecule has 0 unspecified atom stereocenters. The smallest absolute Gasteiger partial charge is 0.128 e. The van der Waals surface area contributed by atoms with Crippen molar-refractivity contribution in [3.8, 4) is 11.5 Å². The summed E-state index contributed by atoms with van der Waals surface area (Å²) in [7, 11) is 0. The average molecular weight is 900 g/mol. The number of hydrogen-bond acceptors (Lipinski definition) is 7. The number of nitrogens with zero attached hydrogens (tertiary/aromatic N) is 5. The van der Waals surface area contributed by atoms with Crippen LogP contribution in [0.25, 0.3) is 21.5 Å². The summed E-state index contributed by atoms with van der Waals surface area (Å²) in [4.78, 5) is 16.6. The molecule has 6 aromatic rings. The number of benzene rings is 4. The maximum absolute atomic E-state index is 6.41. The monoisotopic (exact) mass is 900 g/mol. The van der Waals surface area contributed by atoms with Crippen molar-refractivity contribution < 1.29 is 9.47 Å². The molecular formula is C60H77N5O2. The SMILES string of the molecule is CC(C)(C)[C@H]1CC[C@H](Oc2ccc3cc(CN4CCC(c5ccccn5)CC4)ccc3c2)CC1.CC(C)[C@H]1CC[C@@H](Oc2ccc3cc(CN4CCN(c5ccccn5)CC4)ccc3c2)CC1. The van der Waals surface area contributed by atoms with Crippen LogP contribution in [0.5, 0.6) is 11.5 Å². The quantitative estimate of drug-likeness (QED) is 0.128. The molecule has 2 aliphatic heterocycles. The molecule has 0 spiro atoms. The number of likely N-dealkylation sites (tertiary alicyclic amines) is 1. The Hall–Kier alpha value is -4.98. The summed E-state index contributed by atoms with van der Waals surface area (Å²) in [5.41, 5.74) is 4.46. The van der Waals surface area contributed by atoms with E-state index in [1.165, 1.54) is 103 Å². The molecule has 354 valence electrons. The van der Waals surface area contributed by atoms with Gasteiger partial charge in [0.05, 0.1) is 12.2 Å².